The molecule has 0 aliphatic heterocycles. The van der Waals surface area contributed by atoms with Crippen molar-refractivity contribution < 1.29 is 17.6 Å². The number of hydrogen-bond acceptors (Lipinski definition) is 3. The van der Waals surface area contributed by atoms with E-state index in [9.17, 15) is 17.6 Å². The van der Waals surface area contributed by atoms with E-state index in [0.29, 0.717) is 0 Å². The Kier molecular flexibility index (Phi) is 3.66. The molecule has 3 nitrogen and oxygen atoms in total. The molecule has 1 heterocycles. The Hall–Kier alpha value is -1.40. The summed E-state index contributed by atoms with van der Waals surface area (Å²) in [4.78, 5) is 7.78. The lowest BCUT2D eigenvalue weighted by Gasteiger charge is -2.28. The van der Waals surface area contributed by atoms with Gasteiger partial charge >= 0.3 is 6.18 Å². The zero-order chi connectivity index (χ0) is 12.3. The number of anilines is 1. The Bertz CT molecular complexity index is 351. The maximum absolute atomic E-state index is 12.8. The molecule has 0 aliphatic rings. The van der Waals surface area contributed by atoms with Crippen LogP contribution in [0.1, 0.15) is 13.8 Å². The Labute approximate surface area is 90.1 Å². The summed E-state index contributed by atoms with van der Waals surface area (Å²) in [5.74, 6) is -0.919. The van der Waals surface area contributed by atoms with Crippen LogP contribution < -0.4 is 4.90 Å². The van der Waals surface area contributed by atoms with E-state index < -0.39 is 24.7 Å². The fourth-order valence-electron chi connectivity index (χ4n) is 1.20. The molecule has 0 saturated carbocycles. The molecule has 0 N–H and O–H groups in total. The Morgan fingerprint density at radius 2 is 1.94 bits per heavy atom. The number of halogens is 4. The molecule has 0 fully saturated rings. The van der Waals surface area contributed by atoms with E-state index in [1.807, 2.05) is 0 Å². The Morgan fingerprint density at radius 3 is 2.38 bits per heavy atom. The van der Waals surface area contributed by atoms with E-state index in [1.165, 1.54) is 0 Å². The molecule has 16 heavy (non-hydrogen) atoms. The fourth-order valence-corrected chi connectivity index (χ4v) is 1.20. The van der Waals surface area contributed by atoms with Gasteiger partial charge in [0.25, 0.3) is 0 Å². The summed E-state index contributed by atoms with van der Waals surface area (Å²) in [6.07, 6.45) is -3.46. The number of nitrogens with zero attached hydrogens (tertiary/aromatic N) is 3. The molecular formula is C9H11F4N3. The molecule has 0 bridgehead atoms. The minimum Gasteiger partial charge on any atom is -0.345 e. The summed E-state index contributed by atoms with van der Waals surface area (Å²) < 4.78 is 49.6. The summed E-state index contributed by atoms with van der Waals surface area (Å²) in [5.41, 5.74) is 0. The summed E-state index contributed by atoms with van der Waals surface area (Å²) >= 11 is 0. The predicted molar refractivity (Wildman–Crippen MR) is 50.5 cm³/mol. The molecule has 1 rings (SSSR count). The van der Waals surface area contributed by atoms with E-state index in [2.05, 4.69) is 9.97 Å². The van der Waals surface area contributed by atoms with E-state index in [4.69, 9.17) is 0 Å². The van der Waals surface area contributed by atoms with Gasteiger partial charge in [-0.15, -0.1) is 0 Å². The van der Waals surface area contributed by atoms with Gasteiger partial charge in [-0.25, -0.2) is 9.97 Å². The van der Waals surface area contributed by atoms with Crippen LogP contribution in [0.15, 0.2) is 12.4 Å². The predicted octanol–water partition coefficient (Wildman–Crippen LogP) is 2.39. The SMILES string of the molecule is CC(C)N(CC(F)(F)F)c1cc(F)ncn1. The second kappa shape index (κ2) is 4.63. The normalized spacial score (nSPS) is 11.9. The second-order valence-electron chi connectivity index (χ2n) is 3.54. The van der Waals surface area contributed by atoms with Gasteiger partial charge in [0.05, 0.1) is 0 Å². The first-order valence-corrected chi connectivity index (χ1v) is 4.60. The van der Waals surface area contributed by atoms with Crippen LogP contribution in [-0.4, -0.2) is 28.7 Å². The molecule has 0 spiro atoms. The molecule has 1 aromatic rings. The smallest absolute Gasteiger partial charge is 0.345 e. The van der Waals surface area contributed by atoms with Crippen LogP contribution in [-0.2, 0) is 0 Å². The van der Waals surface area contributed by atoms with Crippen molar-refractivity contribution in [1.82, 2.24) is 9.97 Å². The fraction of sp³-hybridized carbons (Fsp3) is 0.556. The number of aromatic nitrogens is 2. The zero-order valence-electron chi connectivity index (χ0n) is 8.79. The largest absolute Gasteiger partial charge is 0.405 e. The molecule has 7 heteroatoms. The molecule has 0 atom stereocenters. The monoisotopic (exact) mass is 237 g/mol. The topological polar surface area (TPSA) is 29.0 Å². The highest BCUT2D eigenvalue weighted by atomic mass is 19.4. The van der Waals surface area contributed by atoms with Crippen molar-refractivity contribution in [3.8, 4) is 0 Å². The maximum Gasteiger partial charge on any atom is 0.405 e. The Morgan fingerprint density at radius 1 is 1.31 bits per heavy atom. The minimum absolute atomic E-state index is 0.0696. The van der Waals surface area contributed by atoms with Crippen LogP contribution in [0.3, 0.4) is 0 Å². The summed E-state index contributed by atoms with van der Waals surface area (Å²) in [6, 6.07) is 0.446. The molecule has 0 aromatic carbocycles. The molecular weight excluding hydrogens is 226 g/mol. The van der Waals surface area contributed by atoms with E-state index >= 15 is 0 Å². The zero-order valence-corrected chi connectivity index (χ0v) is 8.79. The highest BCUT2D eigenvalue weighted by Crippen LogP contribution is 2.22. The van der Waals surface area contributed by atoms with Crippen molar-refractivity contribution in [3.63, 3.8) is 0 Å². The van der Waals surface area contributed by atoms with Gasteiger partial charge in [0.15, 0.2) is 0 Å². The van der Waals surface area contributed by atoms with Gasteiger partial charge in [-0.1, -0.05) is 0 Å². The van der Waals surface area contributed by atoms with Crippen molar-refractivity contribution in [2.45, 2.75) is 26.1 Å². The second-order valence-corrected chi connectivity index (χ2v) is 3.54. The van der Waals surface area contributed by atoms with Gasteiger partial charge < -0.3 is 4.90 Å². The first-order valence-electron chi connectivity index (χ1n) is 4.60. The maximum atomic E-state index is 12.8. The molecule has 0 aliphatic carbocycles. The summed E-state index contributed by atoms with van der Waals surface area (Å²) in [6.45, 7) is 1.98. The number of hydrogen-bond donors (Lipinski definition) is 0. The molecule has 0 unspecified atom stereocenters. The third kappa shape index (κ3) is 3.63. The van der Waals surface area contributed by atoms with Crippen LogP contribution in [0, 0.1) is 5.95 Å². The minimum atomic E-state index is -4.36. The average molecular weight is 237 g/mol. The highest BCUT2D eigenvalue weighted by Gasteiger charge is 2.32. The van der Waals surface area contributed by atoms with Crippen LogP contribution in [0.2, 0.25) is 0 Å². The van der Waals surface area contributed by atoms with Gasteiger partial charge in [-0.3, -0.25) is 0 Å². The quantitative estimate of drug-likeness (QED) is 0.597. The first-order chi connectivity index (χ1) is 7.29. The first kappa shape index (κ1) is 12.7. The van der Waals surface area contributed by atoms with Gasteiger partial charge in [-0.2, -0.15) is 17.6 Å². The lowest BCUT2D eigenvalue weighted by Crippen LogP contribution is -2.39. The lowest BCUT2D eigenvalue weighted by atomic mass is 10.3. The van der Waals surface area contributed by atoms with Crippen molar-refractivity contribution >= 4 is 5.82 Å². The van der Waals surface area contributed by atoms with E-state index in [0.717, 1.165) is 17.3 Å². The standard InChI is InChI=1S/C9H11F4N3/c1-6(2)16(4-9(11,12)13)8-3-7(10)14-5-15-8/h3,5-6H,4H2,1-2H3. The molecule has 0 saturated heterocycles. The Balaban J connectivity index is 2.94. The van der Waals surface area contributed by atoms with Gasteiger partial charge in [0, 0.05) is 12.1 Å². The van der Waals surface area contributed by atoms with Crippen molar-refractivity contribution in [2.24, 2.45) is 0 Å². The highest BCUT2D eigenvalue weighted by molar-refractivity contribution is 5.38. The molecule has 0 radical (unpaired) electrons. The van der Waals surface area contributed by atoms with Gasteiger partial charge in [0.2, 0.25) is 5.95 Å². The summed E-state index contributed by atoms with van der Waals surface area (Å²) in [7, 11) is 0. The van der Waals surface area contributed by atoms with E-state index in [1.54, 1.807) is 13.8 Å². The van der Waals surface area contributed by atoms with Crippen molar-refractivity contribution in [3.05, 3.63) is 18.3 Å². The molecule has 90 valence electrons. The van der Waals surface area contributed by atoms with Gasteiger partial charge in [0.1, 0.15) is 18.7 Å². The third-order valence-corrected chi connectivity index (χ3v) is 1.89. The molecule has 1 aromatic heterocycles. The number of alkyl halides is 3. The summed E-state index contributed by atoms with van der Waals surface area (Å²) in [5, 5.41) is 0. The lowest BCUT2D eigenvalue weighted by molar-refractivity contribution is -0.120. The van der Waals surface area contributed by atoms with Crippen LogP contribution in [0.5, 0.6) is 0 Å². The van der Waals surface area contributed by atoms with Crippen LogP contribution in [0.4, 0.5) is 23.4 Å². The average Bonchev–Trinajstić information content (AvgIpc) is 2.12. The molecule has 0 amide bonds. The van der Waals surface area contributed by atoms with Crippen LogP contribution in [0.25, 0.3) is 0 Å². The van der Waals surface area contributed by atoms with Crippen molar-refractivity contribution in [2.75, 3.05) is 11.4 Å². The third-order valence-electron chi connectivity index (χ3n) is 1.89. The van der Waals surface area contributed by atoms with Gasteiger partial charge in [-0.05, 0) is 13.8 Å². The number of rotatable bonds is 3. The van der Waals surface area contributed by atoms with E-state index in [-0.39, 0.29) is 5.82 Å². The van der Waals surface area contributed by atoms with Crippen LogP contribution >= 0.6 is 0 Å². The van der Waals surface area contributed by atoms with Crippen molar-refractivity contribution in [1.29, 1.82) is 0 Å².